The number of benzene rings is 3. The van der Waals surface area contributed by atoms with Crippen LogP contribution in [-0.4, -0.2) is 60.2 Å². The highest BCUT2D eigenvalue weighted by atomic mass is 35.5. The molecular formula is C28H28ClN3O3. The number of methoxy groups -OCH3 is 1. The Kier molecular flexibility index (Phi) is 6.77. The second kappa shape index (κ2) is 10.1. The summed E-state index contributed by atoms with van der Waals surface area (Å²) in [6.45, 7) is 2.98. The average Bonchev–Trinajstić information content (AvgIpc) is 3.34. The molecule has 1 aliphatic heterocycles. The van der Waals surface area contributed by atoms with Crippen molar-refractivity contribution < 1.29 is 14.6 Å². The second-order valence-electron chi connectivity index (χ2n) is 8.77. The van der Waals surface area contributed by atoms with Gasteiger partial charge in [0.05, 0.1) is 13.2 Å². The molecule has 5 rings (SSSR count). The van der Waals surface area contributed by atoms with Crippen LogP contribution in [0.3, 0.4) is 0 Å². The molecule has 1 saturated heterocycles. The van der Waals surface area contributed by atoms with E-state index in [2.05, 4.69) is 26.9 Å². The zero-order valence-electron chi connectivity index (χ0n) is 19.5. The maximum Gasteiger partial charge on any atom is 0.195 e. The van der Waals surface area contributed by atoms with Gasteiger partial charge in [0.1, 0.15) is 11.9 Å². The third kappa shape index (κ3) is 4.78. The van der Waals surface area contributed by atoms with Crippen LogP contribution in [0.4, 0.5) is 5.69 Å². The Hall–Kier alpha value is -3.32. The molecule has 0 saturated carbocycles. The lowest BCUT2D eigenvalue weighted by molar-refractivity contribution is 0.0366. The molecule has 0 spiro atoms. The molecule has 2 heterocycles. The van der Waals surface area contributed by atoms with Crippen LogP contribution < -0.4 is 9.64 Å². The van der Waals surface area contributed by atoms with Crippen molar-refractivity contribution in [3.8, 4) is 5.75 Å². The highest BCUT2D eigenvalue weighted by Gasteiger charge is 2.35. The number of H-pyrrole nitrogens is 1. The molecule has 1 aromatic heterocycles. The van der Waals surface area contributed by atoms with Crippen molar-refractivity contribution >= 4 is 34.0 Å². The zero-order chi connectivity index (χ0) is 24.4. The number of anilines is 1. The number of fused-ring (bicyclic) bond motifs is 1. The molecule has 7 heteroatoms. The SMILES string of the molecule is COc1ccc(N2CCN([C@H](c3ccc(Cl)cc3)[C@H](O)C(=O)c3c[nH]c4ccccc34)CC2)cc1. The molecule has 2 N–H and O–H groups in total. The summed E-state index contributed by atoms with van der Waals surface area (Å²) in [5.74, 6) is 0.536. The number of aliphatic hydroxyl groups is 1. The zero-order valence-corrected chi connectivity index (χ0v) is 20.3. The number of aromatic nitrogens is 1. The summed E-state index contributed by atoms with van der Waals surface area (Å²) in [6.07, 6.45) is 0.472. The van der Waals surface area contributed by atoms with Gasteiger partial charge in [-0.15, -0.1) is 0 Å². The van der Waals surface area contributed by atoms with E-state index < -0.39 is 12.1 Å². The number of nitrogens with one attached hydrogen (secondary N) is 1. The van der Waals surface area contributed by atoms with E-state index >= 15 is 0 Å². The average molecular weight is 490 g/mol. The molecule has 3 aromatic carbocycles. The Balaban J connectivity index is 1.39. The maximum absolute atomic E-state index is 13.5. The standard InChI is InChI=1S/C28H28ClN3O3/c1-35-22-12-10-21(11-13-22)31-14-16-32(17-15-31)26(19-6-8-20(29)9-7-19)28(34)27(33)24-18-30-25-5-3-2-4-23(24)25/h2-13,18,26,28,30,34H,14-17H2,1H3/t26-,28+/m1/s1. The van der Waals surface area contributed by atoms with Gasteiger partial charge in [0.2, 0.25) is 0 Å². The summed E-state index contributed by atoms with van der Waals surface area (Å²) in [5.41, 5.74) is 3.38. The summed E-state index contributed by atoms with van der Waals surface area (Å²) in [5, 5.41) is 12.9. The third-order valence-corrected chi connectivity index (χ3v) is 7.03. The van der Waals surface area contributed by atoms with E-state index in [9.17, 15) is 9.90 Å². The van der Waals surface area contributed by atoms with E-state index in [0.717, 1.165) is 41.0 Å². The summed E-state index contributed by atoms with van der Waals surface area (Å²) in [7, 11) is 1.66. The highest BCUT2D eigenvalue weighted by Crippen LogP contribution is 2.31. The molecule has 35 heavy (non-hydrogen) atoms. The fraction of sp³-hybridized carbons (Fsp3) is 0.250. The molecule has 4 aromatic rings. The summed E-state index contributed by atoms with van der Waals surface area (Å²) >= 11 is 6.14. The molecule has 6 nitrogen and oxygen atoms in total. The Morgan fingerprint density at radius 3 is 2.34 bits per heavy atom. The first-order valence-corrected chi connectivity index (χ1v) is 12.1. The van der Waals surface area contributed by atoms with Crippen LogP contribution in [0.15, 0.2) is 79.0 Å². The maximum atomic E-state index is 13.5. The smallest absolute Gasteiger partial charge is 0.195 e. The van der Waals surface area contributed by atoms with Crippen LogP contribution in [0.5, 0.6) is 5.75 Å². The molecule has 1 aliphatic rings. The van der Waals surface area contributed by atoms with Crippen molar-refractivity contribution in [2.24, 2.45) is 0 Å². The summed E-state index contributed by atoms with van der Waals surface area (Å²) in [6, 6.07) is 22.6. The monoisotopic (exact) mass is 489 g/mol. The van der Waals surface area contributed by atoms with Gasteiger partial charge in [0.15, 0.2) is 5.78 Å². The summed E-state index contributed by atoms with van der Waals surface area (Å²) < 4.78 is 5.27. The third-order valence-electron chi connectivity index (χ3n) is 6.78. The lowest BCUT2D eigenvalue weighted by atomic mass is 9.93. The van der Waals surface area contributed by atoms with E-state index in [4.69, 9.17) is 16.3 Å². The number of hydrogen-bond donors (Lipinski definition) is 2. The van der Waals surface area contributed by atoms with Crippen LogP contribution in [-0.2, 0) is 0 Å². The van der Waals surface area contributed by atoms with Gasteiger partial charge in [-0.1, -0.05) is 41.9 Å². The quantitative estimate of drug-likeness (QED) is 0.360. The topological polar surface area (TPSA) is 68.8 Å². The first-order valence-electron chi connectivity index (χ1n) is 11.7. The van der Waals surface area contributed by atoms with Crippen LogP contribution in [0.1, 0.15) is 22.0 Å². The first kappa shape index (κ1) is 23.4. The summed E-state index contributed by atoms with van der Waals surface area (Å²) in [4.78, 5) is 21.2. The van der Waals surface area contributed by atoms with E-state index in [1.54, 1.807) is 25.4 Å². The Bertz CT molecular complexity index is 1300. The van der Waals surface area contributed by atoms with Crippen molar-refractivity contribution in [1.82, 2.24) is 9.88 Å². The van der Waals surface area contributed by atoms with Crippen molar-refractivity contribution in [2.45, 2.75) is 12.1 Å². The number of para-hydroxylation sites is 1. The largest absolute Gasteiger partial charge is 0.497 e. The number of aliphatic hydroxyl groups excluding tert-OH is 1. The number of carbonyl (C=O) groups excluding carboxylic acids is 1. The van der Waals surface area contributed by atoms with Gasteiger partial charge in [-0.3, -0.25) is 9.69 Å². The predicted molar refractivity (Wildman–Crippen MR) is 140 cm³/mol. The molecule has 1 fully saturated rings. The normalized spacial score (nSPS) is 16.3. The number of hydrogen-bond acceptors (Lipinski definition) is 5. The van der Waals surface area contributed by atoms with Gasteiger partial charge >= 0.3 is 0 Å². The van der Waals surface area contributed by atoms with Crippen molar-refractivity contribution in [2.75, 3.05) is 38.2 Å². The van der Waals surface area contributed by atoms with E-state index in [-0.39, 0.29) is 5.78 Å². The van der Waals surface area contributed by atoms with Crippen molar-refractivity contribution in [1.29, 1.82) is 0 Å². The Morgan fingerprint density at radius 1 is 0.971 bits per heavy atom. The van der Waals surface area contributed by atoms with Gasteiger partial charge in [0, 0.05) is 59.6 Å². The Morgan fingerprint density at radius 2 is 1.66 bits per heavy atom. The molecule has 0 radical (unpaired) electrons. The van der Waals surface area contributed by atoms with Gasteiger partial charge in [-0.25, -0.2) is 0 Å². The van der Waals surface area contributed by atoms with Crippen LogP contribution in [0.2, 0.25) is 5.02 Å². The molecule has 0 bridgehead atoms. The lowest BCUT2D eigenvalue weighted by Crippen LogP contribution is -2.51. The van der Waals surface area contributed by atoms with Gasteiger partial charge < -0.3 is 19.7 Å². The number of rotatable bonds is 7. The molecule has 0 aliphatic carbocycles. The number of nitrogens with zero attached hydrogens (tertiary/aromatic N) is 2. The van der Waals surface area contributed by atoms with E-state index in [1.807, 2.05) is 48.5 Å². The minimum absolute atomic E-state index is 0.292. The van der Waals surface area contributed by atoms with E-state index in [1.165, 1.54) is 0 Å². The molecule has 0 unspecified atom stereocenters. The fourth-order valence-corrected chi connectivity index (χ4v) is 5.01. The number of aromatic amines is 1. The van der Waals surface area contributed by atoms with Gasteiger partial charge in [-0.2, -0.15) is 0 Å². The fourth-order valence-electron chi connectivity index (χ4n) is 4.88. The highest BCUT2D eigenvalue weighted by molar-refractivity contribution is 6.30. The Labute approximate surface area is 209 Å². The molecule has 180 valence electrons. The number of piperazine rings is 1. The molecule has 2 atom stereocenters. The van der Waals surface area contributed by atoms with Crippen molar-refractivity contribution in [3.63, 3.8) is 0 Å². The second-order valence-corrected chi connectivity index (χ2v) is 9.21. The van der Waals surface area contributed by atoms with Crippen LogP contribution in [0, 0.1) is 0 Å². The predicted octanol–water partition coefficient (Wildman–Crippen LogP) is 4.94. The minimum Gasteiger partial charge on any atom is -0.497 e. The van der Waals surface area contributed by atoms with Crippen molar-refractivity contribution in [3.05, 3.63) is 95.1 Å². The van der Waals surface area contributed by atoms with Gasteiger partial charge in [-0.05, 0) is 48.0 Å². The lowest BCUT2D eigenvalue weighted by Gasteiger charge is -2.41. The van der Waals surface area contributed by atoms with Gasteiger partial charge in [0.25, 0.3) is 0 Å². The van der Waals surface area contributed by atoms with E-state index in [0.29, 0.717) is 23.7 Å². The van der Waals surface area contributed by atoms with Crippen LogP contribution in [0.25, 0.3) is 10.9 Å². The number of ether oxygens (including phenoxy) is 1. The number of carbonyl (C=O) groups is 1. The first-order chi connectivity index (χ1) is 17.0. The molecular weight excluding hydrogens is 462 g/mol. The molecule has 0 amide bonds. The number of halogens is 1. The van der Waals surface area contributed by atoms with Crippen LogP contribution >= 0.6 is 11.6 Å². The minimum atomic E-state index is -1.22. The number of ketones is 1. The number of Topliss-reactive ketones (excluding diaryl/α,β-unsaturated/α-hetero) is 1.